The molecule has 3 aliphatic carbocycles. The molecule has 4 aliphatic rings. The van der Waals surface area contributed by atoms with Crippen molar-refractivity contribution >= 4 is 41.1 Å². The Morgan fingerprint density at radius 1 is 1.03 bits per heavy atom. The molecule has 1 aromatic heterocycles. The Kier molecular flexibility index (Phi) is 14.0. The van der Waals surface area contributed by atoms with E-state index in [1.54, 1.807) is 7.05 Å². The lowest BCUT2D eigenvalue weighted by Crippen LogP contribution is -2.56. The van der Waals surface area contributed by atoms with Gasteiger partial charge in [0.2, 0.25) is 0 Å². The van der Waals surface area contributed by atoms with Crippen LogP contribution in [-0.4, -0.2) is 89.2 Å². The molecule has 316 valence electrons. The number of carbonyl (C=O) groups excluding carboxylic acids is 2. The number of hydrogen-bond donors (Lipinski definition) is 8. The summed E-state index contributed by atoms with van der Waals surface area (Å²) < 4.78 is 0. The highest BCUT2D eigenvalue weighted by atomic mass is 16.4. The highest BCUT2D eigenvalue weighted by molar-refractivity contribution is 5.86. The maximum absolute atomic E-state index is 12.8. The highest BCUT2D eigenvalue weighted by Gasteiger charge is 2.54. The van der Waals surface area contributed by atoms with Gasteiger partial charge in [-0.05, 0) is 133 Å². The number of fused-ring (bicyclic) bond motifs is 4. The van der Waals surface area contributed by atoms with Gasteiger partial charge < -0.3 is 51.6 Å². The zero-order valence-corrected chi connectivity index (χ0v) is 34.1. The van der Waals surface area contributed by atoms with Gasteiger partial charge in [-0.1, -0.05) is 61.7 Å². The average Bonchev–Trinajstić information content (AvgIpc) is 3.75. The number of aliphatic hydroxyl groups is 2. The number of aldehydes is 2. The van der Waals surface area contributed by atoms with Crippen LogP contribution in [0.1, 0.15) is 92.7 Å². The molecule has 2 aromatic carbocycles. The molecule has 1 fully saturated rings. The first-order valence-corrected chi connectivity index (χ1v) is 21.7. The number of guanidine groups is 1. The number of nitrogens with two attached hydrogens (primary N) is 1. The van der Waals surface area contributed by atoms with Gasteiger partial charge in [0.15, 0.2) is 5.96 Å². The number of nitrogens with zero attached hydrogens (tertiary/aromatic N) is 1. The van der Waals surface area contributed by atoms with Crippen LogP contribution in [0.2, 0.25) is 0 Å². The van der Waals surface area contributed by atoms with Gasteiger partial charge in [-0.15, -0.1) is 0 Å². The Morgan fingerprint density at radius 3 is 2.61 bits per heavy atom. The monoisotopic (exact) mass is 806 g/mol. The number of allylic oxidation sites excluding steroid dienone is 2. The number of anilines is 1. The first kappa shape index (κ1) is 42.3. The molecule has 59 heavy (non-hydrogen) atoms. The van der Waals surface area contributed by atoms with Crippen LogP contribution in [0.5, 0.6) is 0 Å². The lowest BCUT2D eigenvalue weighted by atomic mass is 9.48. The largest absolute Gasteiger partial charge is 0.478 e. The molecular formula is C47H62N6O6. The number of H-pyrrole nitrogens is 1. The van der Waals surface area contributed by atoms with Gasteiger partial charge >= 0.3 is 5.97 Å². The third-order valence-electron chi connectivity index (χ3n) is 13.7. The number of unbranched alkanes of at least 4 members (excludes halogenated alkanes) is 2. The molecule has 0 amide bonds. The van der Waals surface area contributed by atoms with E-state index in [0.29, 0.717) is 37.3 Å². The molecule has 12 nitrogen and oxygen atoms in total. The van der Waals surface area contributed by atoms with E-state index in [1.807, 2.05) is 18.3 Å². The van der Waals surface area contributed by atoms with Crippen molar-refractivity contribution in [1.82, 2.24) is 15.6 Å². The second-order valence-corrected chi connectivity index (χ2v) is 17.3. The molecule has 1 saturated carbocycles. The van der Waals surface area contributed by atoms with Gasteiger partial charge in [0.25, 0.3) is 0 Å². The molecule has 7 rings (SSSR count). The van der Waals surface area contributed by atoms with Crippen molar-refractivity contribution in [3.63, 3.8) is 0 Å². The number of carboxylic acids is 1. The first-order chi connectivity index (χ1) is 28.7. The smallest absolute Gasteiger partial charge is 0.328 e. The lowest BCUT2D eigenvalue weighted by molar-refractivity contribution is -0.131. The van der Waals surface area contributed by atoms with Crippen LogP contribution in [0.3, 0.4) is 0 Å². The summed E-state index contributed by atoms with van der Waals surface area (Å²) in [6, 6.07) is 13.6. The summed E-state index contributed by atoms with van der Waals surface area (Å²) >= 11 is 0. The Balaban J connectivity index is 1.28. The van der Waals surface area contributed by atoms with E-state index < -0.39 is 30.2 Å². The van der Waals surface area contributed by atoms with Crippen molar-refractivity contribution in [1.29, 1.82) is 0 Å². The number of benzene rings is 2. The van der Waals surface area contributed by atoms with Gasteiger partial charge in [-0.25, -0.2) is 9.79 Å². The van der Waals surface area contributed by atoms with E-state index in [4.69, 9.17) is 10.7 Å². The Labute approximate surface area is 347 Å². The van der Waals surface area contributed by atoms with Crippen molar-refractivity contribution in [3.8, 4) is 0 Å². The Hall–Kier alpha value is -4.78. The van der Waals surface area contributed by atoms with E-state index in [1.165, 1.54) is 22.6 Å². The lowest BCUT2D eigenvalue weighted by Gasteiger charge is -2.57. The molecule has 0 spiro atoms. The number of rotatable bonds is 21. The van der Waals surface area contributed by atoms with Gasteiger partial charge in [0.05, 0.1) is 24.2 Å². The summed E-state index contributed by atoms with van der Waals surface area (Å²) in [4.78, 5) is 44.2. The third kappa shape index (κ3) is 9.50. The number of aliphatic imine (C=N–C) groups is 1. The standard InChI is InChI=1S/C47H62N6O6/c1-49-26-41(57)40-25-39(51-47(48)52-40)38(24-43(58)59)46(53-42-10-5-18-50-42)35-16-15-33-34-14-13-30(9-4-2-3-7-29(27-56)8-6-19-54)44(45(34)35)37-23-32-21-28(17-20-55)11-12-31(32)22-36(33)37/h5,10-14,18,20-24,27,29-30,33-35,39-41,44-46,49-50,53-54,57H,2-4,6-9,15-17,19,25-26H2,1H3,(H,58,59)(H3,48,51,52). The number of aliphatic hydroxyl groups excluding tert-OH is 2. The van der Waals surface area contributed by atoms with Crippen LogP contribution in [0, 0.1) is 29.6 Å². The number of aliphatic carboxylic acids is 1. The van der Waals surface area contributed by atoms with Crippen LogP contribution < -0.4 is 21.7 Å². The van der Waals surface area contributed by atoms with Crippen LogP contribution in [0.15, 0.2) is 77.5 Å². The summed E-state index contributed by atoms with van der Waals surface area (Å²) in [5.41, 5.74) is 10.8. The number of likely N-dealkylation sites (N-methyl/N-ethyl adjacent to an activating group) is 1. The van der Waals surface area contributed by atoms with Crippen molar-refractivity contribution in [2.24, 2.45) is 40.3 Å². The van der Waals surface area contributed by atoms with Gasteiger partial charge in [0.1, 0.15) is 18.4 Å². The summed E-state index contributed by atoms with van der Waals surface area (Å²) in [7, 11) is 1.78. The first-order valence-electron chi connectivity index (χ1n) is 21.7. The topological polar surface area (TPSA) is 202 Å². The van der Waals surface area contributed by atoms with Crippen molar-refractivity contribution in [3.05, 3.63) is 89.2 Å². The second kappa shape index (κ2) is 19.5. The van der Waals surface area contributed by atoms with Gasteiger partial charge in [0, 0.05) is 37.8 Å². The quantitative estimate of drug-likeness (QED) is 0.0291. The molecule has 3 aromatic rings. The summed E-state index contributed by atoms with van der Waals surface area (Å²) in [6.07, 6.45) is 18.1. The number of carboxylic acid groups (broad SMARTS) is 1. The van der Waals surface area contributed by atoms with E-state index in [9.17, 15) is 29.7 Å². The molecule has 4 bridgehead atoms. The zero-order chi connectivity index (χ0) is 41.5. The fourth-order valence-electron chi connectivity index (χ4n) is 11.2. The molecule has 11 atom stereocenters. The maximum Gasteiger partial charge on any atom is 0.328 e. The Bertz CT molecular complexity index is 2010. The minimum absolute atomic E-state index is 0.0151. The third-order valence-corrected chi connectivity index (χ3v) is 13.7. The molecule has 2 heterocycles. The predicted molar refractivity (Wildman–Crippen MR) is 231 cm³/mol. The molecule has 0 radical (unpaired) electrons. The van der Waals surface area contributed by atoms with Gasteiger partial charge in [-0.2, -0.15) is 0 Å². The number of aromatic nitrogens is 1. The number of carbonyl (C=O) groups is 3. The zero-order valence-electron chi connectivity index (χ0n) is 34.1. The molecule has 11 unspecified atom stereocenters. The van der Waals surface area contributed by atoms with Crippen LogP contribution in [0.25, 0.3) is 10.8 Å². The maximum atomic E-state index is 12.8. The molecule has 12 heteroatoms. The van der Waals surface area contributed by atoms with E-state index in [-0.39, 0.29) is 48.1 Å². The fourth-order valence-corrected chi connectivity index (χ4v) is 11.2. The normalized spacial score (nSPS) is 27.5. The number of nitrogens with one attached hydrogen (secondary N) is 4. The minimum Gasteiger partial charge on any atom is -0.478 e. The summed E-state index contributed by atoms with van der Waals surface area (Å²) in [5, 5.41) is 43.1. The Morgan fingerprint density at radius 2 is 1.86 bits per heavy atom. The van der Waals surface area contributed by atoms with Crippen LogP contribution >= 0.6 is 0 Å². The fraction of sp³-hybridized carbons (Fsp3) is 0.532. The number of hydrogen-bond acceptors (Lipinski definition) is 10. The summed E-state index contributed by atoms with van der Waals surface area (Å²) in [6.45, 7) is 0.447. The summed E-state index contributed by atoms with van der Waals surface area (Å²) in [5.74, 6) is 1.09. The van der Waals surface area contributed by atoms with Crippen molar-refractivity contribution in [2.45, 2.75) is 107 Å². The number of aromatic amines is 1. The van der Waals surface area contributed by atoms with Gasteiger partial charge in [-0.3, -0.25) is 0 Å². The average molecular weight is 807 g/mol. The highest BCUT2D eigenvalue weighted by Crippen LogP contribution is 2.62. The second-order valence-electron chi connectivity index (χ2n) is 17.3. The van der Waals surface area contributed by atoms with E-state index in [0.717, 1.165) is 80.7 Å². The minimum atomic E-state index is -1.05. The van der Waals surface area contributed by atoms with E-state index >= 15 is 0 Å². The SMILES string of the molecule is CNCC(O)C1CC(C(=CC(=O)O)C(Nc2ccc[nH]2)C2CCC3c4cc5ccc(CC=O)cc5cc4C4C(CCCCCC(C=O)CCCO)C=CC3C24)N=C(N)N1. The molecule has 9 N–H and O–H groups in total. The van der Waals surface area contributed by atoms with Crippen LogP contribution in [0.4, 0.5) is 5.82 Å². The molecule has 0 saturated heterocycles. The van der Waals surface area contributed by atoms with Crippen molar-refractivity contribution < 1.29 is 29.7 Å². The predicted octanol–water partition coefficient (Wildman–Crippen LogP) is 5.57. The van der Waals surface area contributed by atoms with E-state index in [2.05, 4.69) is 63.4 Å². The molecule has 1 aliphatic heterocycles. The van der Waals surface area contributed by atoms with Crippen LogP contribution in [-0.2, 0) is 20.8 Å². The van der Waals surface area contributed by atoms with Crippen molar-refractivity contribution in [2.75, 3.05) is 25.5 Å². The molecular weight excluding hydrogens is 745 g/mol.